The van der Waals surface area contributed by atoms with Gasteiger partial charge in [-0.3, -0.25) is 4.79 Å². The van der Waals surface area contributed by atoms with E-state index in [0.717, 1.165) is 11.0 Å². The highest BCUT2D eigenvalue weighted by Crippen LogP contribution is 2.26. The molecule has 0 aliphatic rings. The molecule has 1 rings (SSSR count). The molecule has 0 spiro atoms. The minimum Gasteiger partial charge on any atom is -0.340 e. The van der Waals surface area contributed by atoms with Crippen LogP contribution in [0.15, 0.2) is 22.7 Å². The van der Waals surface area contributed by atoms with Crippen molar-refractivity contribution in [3.63, 3.8) is 0 Å². The van der Waals surface area contributed by atoms with Crippen molar-refractivity contribution in [2.75, 3.05) is 27.2 Å². The molecule has 0 saturated heterocycles. The molecule has 17 heavy (non-hydrogen) atoms. The van der Waals surface area contributed by atoms with Gasteiger partial charge in [-0.1, -0.05) is 17.7 Å². The number of carbonyl (C=O) groups is 1. The lowest BCUT2D eigenvalue weighted by Gasteiger charge is -2.17. The van der Waals surface area contributed by atoms with Crippen LogP contribution in [-0.2, 0) is 0 Å². The predicted octanol–water partition coefficient (Wildman–Crippen LogP) is 2.82. The first-order valence-corrected chi connectivity index (χ1v) is 6.09. The van der Waals surface area contributed by atoms with Gasteiger partial charge in [-0.25, -0.2) is 0 Å². The maximum absolute atomic E-state index is 12.0. The normalized spacial score (nSPS) is 9.65. The number of carbonyl (C=O) groups excluding carboxylic acids is 1. The van der Waals surface area contributed by atoms with Crippen molar-refractivity contribution < 1.29 is 4.79 Å². The van der Waals surface area contributed by atoms with E-state index in [0.29, 0.717) is 17.1 Å². The van der Waals surface area contributed by atoms with Crippen LogP contribution in [0.1, 0.15) is 10.4 Å². The zero-order valence-corrected chi connectivity index (χ0v) is 12.8. The fourth-order valence-electron chi connectivity index (χ4n) is 1.26. The molecular formula is C11H15BrCl2N2O. The molecule has 1 aromatic carbocycles. The van der Waals surface area contributed by atoms with Crippen molar-refractivity contribution in [3.05, 3.63) is 33.3 Å². The van der Waals surface area contributed by atoms with E-state index in [1.807, 2.05) is 13.1 Å². The SMILES string of the molecule is CNCCN(C)C(=O)c1cccc(Br)c1Cl.Cl. The number of nitrogens with one attached hydrogen (secondary N) is 1. The van der Waals surface area contributed by atoms with Crippen LogP contribution in [0, 0.1) is 0 Å². The molecule has 1 aromatic rings. The summed E-state index contributed by atoms with van der Waals surface area (Å²) in [6.07, 6.45) is 0. The van der Waals surface area contributed by atoms with E-state index in [1.165, 1.54) is 0 Å². The van der Waals surface area contributed by atoms with Crippen LogP contribution >= 0.6 is 39.9 Å². The summed E-state index contributed by atoms with van der Waals surface area (Å²) in [7, 11) is 3.61. The van der Waals surface area contributed by atoms with Crippen LogP contribution in [0.4, 0.5) is 0 Å². The molecule has 0 heterocycles. The Hall–Kier alpha value is -0.290. The molecule has 0 saturated carbocycles. The van der Waals surface area contributed by atoms with Crippen molar-refractivity contribution in [3.8, 4) is 0 Å². The maximum Gasteiger partial charge on any atom is 0.255 e. The number of hydrogen-bond donors (Lipinski definition) is 1. The Balaban J connectivity index is 0.00000256. The van der Waals surface area contributed by atoms with E-state index in [4.69, 9.17) is 11.6 Å². The summed E-state index contributed by atoms with van der Waals surface area (Å²) in [5.41, 5.74) is 0.523. The third-order valence-electron chi connectivity index (χ3n) is 2.23. The third kappa shape index (κ3) is 4.47. The number of nitrogens with zero attached hydrogens (tertiary/aromatic N) is 1. The minimum atomic E-state index is -0.0680. The molecule has 0 fully saturated rings. The number of likely N-dealkylation sites (N-methyl/N-ethyl adjacent to an activating group) is 2. The molecule has 0 atom stereocenters. The van der Waals surface area contributed by atoms with Gasteiger partial charge >= 0.3 is 0 Å². The Kier molecular flexibility index (Phi) is 7.79. The van der Waals surface area contributed by atoms with Crippen LogP contribution in [0.25, 0.3) is 0 Å². The van der Waals surface area contributed by atoms with Gasteiger partial charge in [-0.2, -0.15) is 0 Å². The van der Waals surface area contributed by atoms with Gasteiger partial charge in [-0.05, 0) is 35.1 Å². The Morgan fingerprint density at radius 1 is 1.53 bits per heavy atom. The van der Waals surface area contributed by atoms with Gasteiger partial charge < -0.3 is 10.2 Å². The van der Waals surface area contributed by atoms with E-state index >= 15 is 0 Å². The fraction of sp³-hybridized carbons (Fsp3) is 0.364. The average molecular weight is 342 g/mol. The number of benzene rings is 1. The first-order valence-electron chi connectivity index (χ1n) is 4.92. The molecule has 3 nitrogen and oxygen atoms in total. The smallest absolute Gasteiger partial charge is 0.255 e. The van der Waals surface area contributed by atoms with Gasteiger partial charge in [0.15, 0.2) is 0 Å². The Bertz CT molecular complexity index is 388. The van der Waals surface area contributed by atoms with Gasteiger partial charge in [-0.15, -0.1) is 12.4 Å². The molecule has 6 heteroatoms. The van der Waals surface area contributed by atoms with Gasteiger partial charge in [0.1, 0.15) is 0 Å². The van der Waals surface area contributed by atoms with E-state index in [9.17, 15) is 4.79 Å². The molecule has 0 aromatic heterocycles. The molecule has 0 unspecified atom stereocenters. The summed E-state index contributed by atoms with van der Waals surface area (Å²) in [6.45, 7) is 1.41. The van der Waals surface area contributed by atoms with E-state index in [2.05, 4.69) is 21.2 Å². The van der Waals surface area contributed by atoms with Gasteiger partial charge in [0.25, 0.3) is 5.91 Å². The summed E-state index contributed by atoms with van der Waals surface area (Å²) in [6, 6.07) is 5.34. The minimum absolute atomic E-state index is 0. The predicted molar refractivity (Wildman–Crippen MR) is 77.3 cm³/mol. The first-order chi connectivity index (χ1) is 7.57. The summed E-state index contributed by atoms with van der Waals surface area (Å²) in [4.78, 5) is 13.7. The van der Waals surface area contributed by atoms with Crippen molar-refractivity contribution in [2.24, 2.45) is 0 Å². The largest absolute Gasteiger partial charge is 0.340 e. The van der Waals surface area contributed by atoms with Gasteiger partial charge in [0.2, 0.25) is 0 Å². The van der Waals surface area contributed by atoms with E-state index < -0.39 is 0 Å². The highest BCUT2D eigenvalue weighted by atomic mass is 79.9. The average Bonchev–Trinajstić information content (AvgIpc) is 2.28. The monoisotopic (exact) mass is 340 g/mol. The van der Waals surface area contributed by atoms with Crippen LogP contribution in [0.2, 0.25) is 5.02 Å². The van der Waals surface area contributed by atoms with Crippen molar-refractivity contribution in [1.29, 1.82) is 0 Å². The topological polar surface area (TPSA) is 32.3 Å². The Morgan fingerprint density at radius 2 is 2.18 bits per heavy atom. The first kappa shape index (κ1) is 16.7. The highest BCUT2D eigenvalue weighted by molar-refractivity contribution is 9.10. The fourth-order valence-corrected chi connectivity index (χ4v) is 1.83. The Morgan fingerprint density at radius 3 is 2.76 bits per heavy atom. The second-order valence-corrected chi connectivity index (χ2v) is 4.66. The summed E-state index contributed by atoms with van der Waals surface area (Å²) in [5, 5.41) is 3.46. The molecule has 96 valence electrons. The quantitative estimate of drug-likeness (QED) is 0.913. The van der Waals surface area contributed by atoms with Gasteiger partial charge in [0.05, 0.1) is 10.6 Å². The standard InChI is InChI=1S/C11H14BrClN2O.ClH/c1-14-6-7-15(2)11(16)8-4-3-5-9(12)10(8)13;/h3-5,14H,6-7H2,1-2H3;1H. The molecule has 0 radical (unpaired) electrons. The van der Waals surface area contributed by atoms with Crippen molar-refractivity contribution >= 4 is 45.8 Å². The number of halogens is 3. The summed E-state index contributed by atoms with van der Waals surface area (Å²) >= 11 is 9.36. The molecule has 0 aliphatic carbocycles. The number of rotatable bonds is 4. The van der Waals surface area contributed by atoms with Crippen LogP contribution in [0.3, 0.4) is 0 Å². The lowest BCUT2D eigenvalue weighted by molar-refractivity contribution is 0.0797. The lowest BCUT2D eigenvalue weighted by Crippen LogP contribution is -2.32. The summed E-state index contributed by atoms with van der Waals surface area (Å²) < 4.78 is 0.738. The maximum atomic E-state index is 12.0. The second-order valence-electron chi connectivity index (χ2n) is 3.43. The van der Waals surface area contributed by atoms with Crippen molar-refractivity contribution in [1.82, 2.24) is 10.2 Å². The number of hydrogen-bond acceptors (Lipinski definition) is 2. The second kappa shape index (κ2) is 7.93. The van der Waals surface area contributed by atoms with Crippen LogP contribution in [0.5, 0.6) is 0 Å². The van der Waals surface area contributed by atoms with Crippen LogP contribution < -0.4 is 5.32 Å². The molecule has 0 bridgehead atoms. The zero-order chi connectivity index (χ0) is 12.1. The van der Waals surface area contributed by atoms with Crippen LogP contribution in [-0.4, -0.2) is 38.0 Å². The molecule has 1 N–H and O–H groups in total. The number of amides is 1. The van der Waals surface area contributed by atoms with Crippen molar-refractivity contribution in [2.45, 2.75) is 0 Å². The van der Waals surface area contributed by atoms with E-state index in [1.54, 1.807) is 24.1 Å². The molecular weight excluding hydrogens is 327 g/mol. The zero-order valence-electron chi connectivity index (χ0n) is 9.67. The van der Waals surface area contributed by atoms with E-state index in [-0.39, 0.29) is 18.3 Å². The third-order valence-corrected chi connectivity index (χ3v) is 3.52. The molecule has 1 amide bonds. The Labute approximate surface area is 121 Å². The lowest BCUT2D eigenvalue weighted by atomic mass is 10.2. The molecule has 0 aliphatic heterocycles. The van der Waals surface area contributed by atoms with Gasteiger partial charge in [0, 0.05) is 24.6 Å². The summed E-state index contributed by atoms with van der Waals surface area (Å²) in [5.74, 6) is -0.0680. The highest BCUT2D eigenvalue weighted by Gasteiger charge is 2.15.